The number of hydrogen-bond acceptors (Lipinski definition) is 5. The first-order chi connectivity index (χ1) is 8.63. The van der Waals surface area contributed by atoms with E-state index in [4.69, 9.17) is 17.2 Å². The van der Waals surface area contributed by atoms with Crippen molar-refractivity contribution in [1.82, 2.24) is 0 Å². The fourth-order valence-corrected chi connectivity index (χ4v) is 2.32. The molecule has 6 nitrogen and oxygen atoms in total. The van der Waals surface area contributed by atoms with E-state index in [1.807, 2.05) is 0 Å². The Balaban J connectivity index is 2.97. The number of rotatable bonds is 5. The van der Waals surface area contributed by atoms with Gasteiger partial charge in [0.05, 0.1) is 17.7 Å². The van der Waals surface area contributed by atoms with Crippen LogP contribution in [0, 0.1) is 0 Å². The van der Waals surface area contributed by atoms with Gasteiger partial charge in [0, 0.05) is 6.54 Å². The SMILES string of the molecule is NC(=O)c1sc(NCCC(F)(F)F)c(C(N)=O)c1N. The van der Waals surface area contributed by atoms with Crippen LogP contribution in [0.1, 0.15) is 26.5 Å². The molecule has 0 aliphatic rings. The maximum absolute atomic E-state index is 12.0. The second-order valence-electron chi connectivity index (χ2n) is 3.57. The van der Waals surface area contributed by atoms with Gasteiger partial charge in [-0.25, -0.2) is 0 Å². The van der Waals surface area contributed by atoms with Crippen molar-refractivity contribution < 1.29 is 22.8 Å². The topological polar surface area (TPSA) is 124 Å². The normalized spacial score (nSPS) is 11.3. The molecule has 0 aromatic carbocycles. The van der Waals surface area contributed by atoms with Gasteiger partial charge in [-0.1, -0.05) is 0 Å². The van der Waals surface area contributed by atoms with Gasteiger partial charge in [-0.2, -0.15) is 13.2 Å². The minimum atomic E-state index is -4.34. The molecule has 2 amide bonds. The minimum absolute atomic E-state index is 0.00282. The summed E-state index contributed by atoms with van der Waals surface area (Å²) in [4.78, 5) is 22.1. The number of alkyl halides is 3. The van der Waals surface area contributed by atoms with E-state index in [1.165, 1.54) is 0 Å². The summed E-state index contributed by atoms with van der Waals surface area (Å²) in [5.74, 6) is -1.83. The van der Waals surface area contributed by atoms with Gasteiger partial charge in [0.1, 0.15) is 9.88 Å². The lowest BCUT2D eigenvalue weighted by atomic mass is 10.2. The smallest absolute Gasteiger partial charge is 0.390 e. The summed E-state index contributed by atoms with van der Waals surface area (Å²) in [5.41, 5.74) is 15.2. The number of amides is 2. The van der Waals surface area contributed by atoms with Crippen molar-refractivity contribution in [1.29, 1.82) is 0 Å². The Hall–Kier alpha value is -1.97. The summed E-state index contributed by atoms with van der Waals surface area (Å²) < 4.78 is 36.0. The first kappa shape index (κ1) is 15.1. The Morgan fingerprint density at radius 2 is 1.79 bits per heavy atom. The lowest BCUT2D eigenvalue weighted by Crippen LogP contribution is -2.18. The average Bonchev–Trinajstić information content (AvgIpc) is 2.53. The van der Waals surface area contributed by atoms with Crippen LogP contribution < -0.4 is 22.5 Å². The first-order valence-corrected chi connectivity index (χ1v) is 5.77. The molecule has 0 saturated carbocycles. The third kappa shape index (κ3) is 3.74. The van der Waals surface area contributed by atoms with Crippen LogP contribution in [0.5, 0.6) is 0 Å². The van der Waals surface area contributed by atoms with Crippen LogP contribution in [0.25, 0.3) is 0 Å². The predicted octanol–water partition coefficient (Wildman–Crippen LogP) is 0.892. The number of carbonyl (C=O) groups is 2. The highest BCUT2D eigenvalue weighted by molar-refractivity contribution is 7.19. The van der Waals surface area contributed by atoms with Gasteiger partial charge >= 0.3 is 6.18 Å². The van der Waals surface area contributed by atoms with Crippen molar-refractivity contribution in [3.8, 4) is 0 Å². The van der Waals surface area contributed by atoms with Gasteiger partial charge in [0.2, 0.25) is 0 Å². The number of thiophene rings is 1. The third-order valence-electron chi connectivity index (χ3n) is 2.11. The fourth-order valence-electron chi connectivity index (χ4n) is 1.31. The van der Waals surface area contributed by atoms with Crippen molar-refractivity contribution in [3.05, 3.63) is 10.4 Å². The third-order valence-corrected chi connectivity index (χ3v) is 3.29. The Morgan fingerprint density at radius 3 is 2.21 bits per heavy atom. The van der Waals surface area contributed by atoms with E-state index in [-0.39, 0.29) is 21.1 Å². The van der Waals surface area contributed by atoms with E-state index in [1.54, 1.807) is 0 Å². The van der Waals surface area contributed by atoms with E-state index in [0.717, 1.165) is 0 Å². The zero-order chi connectivity index (χ0) is 14.8. The van der Waals surface area contributed by atoms with Crippen molar-refractivity contribution >= 4 is 33.8 Å². The second kappa shape index (κ2) is 5.34. The summed E-state index contributed by atoms with van der Waals surface area (Å²) in [5, 5.41) is 2.38. The van der Waals surface area contributed by atoms with Crippen molar-refractivity contribution in [2.45, 2.75) is 12.6 Å². The summed E-state index contributed by atoms with van der Waals surface area (Å²) in [6, 6.07) is 0. The molecule has 19 heavy (non-hydrogen) atoms. The van der Waals surface area contributed by atoms with Crippen LogP contribution >= 0.6 is 11.3 Å². The average molecular weight is 296 g/mol. The lowest BCUT2D eigenvalue weighted by molar-refractivity contribution is -0.131. The van der Waals surface area contributed by atoms with Crippen LogP contribution in [0.15, 0.2) is 0 Å². The number of primary amides is 2. The van der Waals surface area contributed by atoms with Crippen LogP contribution in [-0.4, -0.2) is 24.5 Å². The minimum Gasteiger partial charge on any atom is -0.397 e. The molecule has 0 saturated heterocycles. The number of halogens is 3. The zero-order valence-electron chi connectivity index (χ0n) is 9.50. The van der Waals surface area contributed by atoms with Crippen LogP contribution in [0.2, 0.25) is 0 Å². The number of anilines is 2. The first-order valence-electron chi connectivity index (χ1n) is 4.96. The molecule has 0 spiro atoms. The molecule has 0 atom stereocenters. The molecule has 0 aliphatic heterocycles. The molecular formula is C9H11F3N4O2S. The molecule has 1 rings (SSSR count). The van der Waals surface area contributed by atoms with Crippen LogP contribution in [-0.2, 0) is 0 Å². The van der Waals surface area contributed by atoms with Crippen molar-refractivity contribution in [2.24, 2.45) is 11.5 Å². The molecule has 0 unspecified atom stereocenters. The zero-order valence-corrected chi connectivity index (χ0v) is 10.3. The molecule has 1 aromatic heterocycles. The van der Waals surface area contributed by atoms with Crippen LogP contribution in [0.3, 0.4) is 0 Å². The predicted molar refractivity (Wildman–Crippen MR) is 64.9 cm³/mol. The van der Waals surface area contributed by atoms with E-state index >= 15 is 0 Å². The largest absolute Gasteiger partial charge is 0.397 e. The number of nitrogens with two attached hydrogens (primary N) is 3. The van der Waals surface area contributed by atoms with E-state index in [2.05, 4.69) is 5.32 Å². The van der Waals surface area contributed by atoms with E-state index in [0.29, 0.717) is 11.3 Å². The molecule has 0 fully saturated rings. The molecular weight excluding hydrogens is 285 g/mol. The monoisotopic (exact) mass is 296 g/mol. The quantitative estimate of drug-likeness (QED) is 0.644. The lowest BCUT2D eigenvalue weighted by Gasteiger charge is -2.08. The summed E-state index contributed by atoms with van der Waals surface area (Å²) >= 11 is 0.694. The standard InChI is InChI=1S/C9H11F3N4O2S/c10-9(11,12)1-2-16-8-3(6(14)17)4(13)5(19-8)7(15)18/h16H,1-2,13H2,(H2,14,17)(H2,15,18). The summed E-state index contributed by atoms with van der Waals surface area (Å²) in [6.45, 7) is -0.470. The van der Waals surface area contributed by atoms with Gasteiger partial charge in [-0.3, -0.25) is 9.59 Å². The molecule has 0 radical (unpaired) electrons. The Bertz CT molecular complexity index is 512. The number of carbonyl (C=O) groups excluding carboxylic acids is 2. The molecule has 1 heterocycles. The summed E-state index contributed by atoms with van der Waals surface area (Å²) in [6.07, 6.45) is -5.44. The molecule has 1 aromatic rings. The molecule has 10 heteroatoms. The Morgan fingerprint density at radius 1 is 1.21 bits per heavy atom. The van der Waals surface area contributed by atoms with Gasteiger partial charge in [0.25, 0.3) is 11.8 Å². The molecule has 106 valence electrons. The molecule has 0 aliphatic carbocycles. The van der Waals surface area contributed by atoms with Gasteiger partial charge in [0.15, 0.2) is 0 Å². The second-order valence-corrected chi connectivity index (χ2v) is 4.59. The highest BCUT2D eigenvalue weighted by atomic mass is 32.1. The highest BCUT2D eigenvalue weighted by Crippen LogP contribution is 2.35. The number of nitrogen functional groups attached to an aromatic ring is 1. The Kier molecular flexibility index (Phi) is 4.24. The number of nitrogens with one attached hydrogen (secondary N) is 1. The summed E-state index contributed by atoms with van der Waals surface area (Å²) in [7, 11) is 0. The van der Waals surface area contributed by atoms with Crippen molar-refractivity contribution in [3.63, 3.8) is 0 Å². The fraction of sp³-hybridized carbons (Fsp3) is 0.333. The van der Waals surface area contributed by atoms with Crippen LogP contribution in [0.4, 0.5) is 23.9 Å². The maximum atomic E-state index is 12.0. The number of hydrogen-bond donors (Lipinski definition) is 4. The van der Waals surface area contributed by atoms with Gasteiger partial charge in [-0.15, -0.1) is 11.3 Å². The molecule has 7 N–H and O–H groups in total. The molecule has 0 bridgehead atoms. The van der Waals surface area contributed by atoms with E-state index in [9.17, 15) is 22.8 Å². The highest BCUT2D eigenvalue weighted by Gasteiger charge is 2.27. The van der Waals surface area contributed by atoms with Crippen molar-refractivity contribution in [2.75, 3.05) is 17.6 Å². The van der Waals surface area contributed by atoms with Gasteiger partial charge < -0.3 is 22.5 Å². The Labute approximate surface area is 109 Å². The van der Waals surface area contributed by atoms with E-state index < -0.39 is 31.0 Å². The maximum Gasteiger partial charge on any atom is 0.390 e. The van der Waals surface area contributed by atoms with Gasteiger partial charge in [-0.05, 0) is 0 Å².